The molecule has 3 aliphatic rings. The lowest BCUT2D eigenvalue weighted by Gasteiger charge is -2.48. The molecule has 9 heteroatoms. The van der Waals surface area contributed by atoms with Crippen LogP contribution < -0.4 is 17.2 Å². The highest BCUT2D eigenvalue weighted by Gasteiger charge is 2.44. The third-order valence-corrected chi connectivity index (χ3v) is 8.19. The molecule has 0 bridgehead atoms. The minimum absolute atomic E-state index is 0.0480. The summed E-state index contributed by atoms with van der Waals surface area (Å²) < 4.78 is 12.9. The number of hydrogen-bond acceptors (Lipinski definition) is 6. The topological polar surface area (TPSA) is 136 Å². The van der Waals surface area contributed by atoms with Crippen LogP contribution in [-0.4, -0.2) is 71.7 Å². The van der Waals surface area contributed by atoms with Crippen molar-refractivity contribution in [3.63, 3.8) is 0 Å². The molecule has 1 saturated carbocycles. The molecule has 2 saturated heterocycles. The maximum absolute atomic E-state index is 12.9. The van der Waals surface area contributed by atoms with Gasteiger partial charge in [-0.1, -0.05) is 44.4 Å². The summed E-state index contributed by atoms with van der Waals surface area (Å²) in [5.74, 6) is -0.909. The van der Waals surface area contributed by atoms with E-state index in [0.717, 1.165) is 64.8 Å². The van der Waals surface area contributed by atoms with E-state index < -0.39 is 11.4 Å². The number of likely N-dealkylation sites (tertiary alicyclic amines) is 2. The smallest absolute Gasteiger partial charge is 0.241 e. The first-order valence-electron chi connectivity index (χ1n) is 15.1. The SMILES string of the molecule is C=C/C=C/C(N)=O.NC(=O)C1(N2CCCCC2)CCN(CCCC(=O)c2ccc(F)cc2)CC1.NC1CCCCC1. The average molecular weight is 572 g/mol. The molecule has 0 radical (unpaired) electrons. The molecule has 8 nitrogen and oxygen atoms in total. The van der Waals surface area contributed by atoms with E-state index in [1.807, 2.05) is 0 Å². The number of primary amides is 2. The molecule has 1 aliphatic carbocycles. The predicted octanol–water partition coefficient (Wildman–Crippen LogP) is 4.09. The van der Waals surface area contributed by atoms with Gasteiger partial charge < -0.3 is 22.1 Å². The van der Waals surface area contributed by atoms with Crippen molar-refractivity contribution in [2.24, 2.45) is 17.2 Å². The number of carbonyl (C=O) groups excluding carboxylic acids is 3. The number of rotatable bonds is 9. The summed E-state index contributed by atoms with van der Waals surface area (Å²) in [6.07, 6.45) is 17.2. The molecule has 0 spiro atoms. The Bertz CT molecular complexity index is 978. The van der Waals surface area contributed by atoms with Crippen LogP contribution in [0.5, 0.6) is 0 Å². The van der Waals surface area contributed by atoms with Gasteiger partial charge in [0, 0.05) is 37.2 Å². The third-order valence-electron chi connectivity index (χ3n) is 8.19. The van der Waals surface area contributed by atoms with Crippen LogP contribution in [0.1, 0.15) is 87.4 Å². The number of Topliss-reactive ketones (excluding diaryl/α,β-unsaturated/α-hetero) is 1. The molecule has 1 aromatic rings. The fourth-order valence-corrected chi connectivity index (χ4v) is 5.73. The first-order chi connectivity index (χ1) is 19.7. The Morgan fingerprint density at radius 1 is 0.927 bits per heavy atom. The van der Waals surface area contributed by atoms with Crippen LogP contribution in [0.3, 0.4) is 0 Å². The van der Waals surface area contributed by atoms with E-state index in [0.29, 0.717) is 18.0 Å². The first kappa shape index (κ1) is 34.3. The second-order valence-electron chi connectivity index (χ2n) is 11.2. The number of halogens is 1. The molecule has 6 N–H and O–H groups in total. The van der Waals surface area contributed by atoms with Crippen LogP contribution in [0, 0.1) is 5.82 Å². The van der Waals surface area contributed by atoms with Gasteiger partial charge in [-0.3, -0.25) is 19.3 Å². The van der Waals surface area contributed by atoms with Gasteiger partial charge in [0.05, 0.1) is 0 Å². The zero-order valence-electron chi connectivity index (χ0n) is 24.6. The van der Waals surface area contributed by atoms with Gasteiger partial charge in [-0.15, -0.1) is 0 Å². The monoisotopic (exact) mass is 571 g/mol. The molecule has 0 unspecified atom stereocenters. The molecular weight excluding hydrogens is 521 g/mol. The molecule has 0 aromatic heterocycles. The summed E-state index contributed by atoms with van der Waals surface area (Å²) in [4.78, 5) is 38.9. The van der Waals surface area contributed by atoms with Gasteiger partial charge in [0.2, 0.25) is 11.8 Å². The third kappa shape index (κ3) is 12.3. The number of amides is 2. The summed E-state index contributed by atoms with van der Waals surface area (Å²) >= 11 is 0. The van der Waals surface area contributed by atoms with Crippen LogP contribution in [0.2, 0.25) is 0 Å². The average Bonchev–Trinajstić information content (AvgIpc) is 2.98. The maximum Gasteiger partial charge on any atom is 0.241 e. The molecule has 0 atom stereocenters. The van der Waals surface area contributed by atoms with E-state index >= 15 is 0 Å². The van der Waals surface area contributed by atoms with Crippen LogP contribution >= 0.6 is 0 Å². The second kappa shape index (κ2) is 18.5. The van der Waals surface area contributed by atoms with Gasteiger partial charge in [0.25, 0.3) is 0 Å². The number of nitrogens with two attached hydrogens (primary N) is 3. The molecule has 228 valence electrons. The van der Waals surface area contributed by atoms with Crippen molar-refractivity contribution in [3.8, 4) is 0 Å². The van der Waals surface area contributed by atoms with Crippen LogP contribution in [0.25, 0.3) is 0 Å². The highest BCUT2D eigenvalue weighted by Crippen LogP contribution is 2.31. The van der Waals surface area contributed by atoms with E-state index in [1.54, 1.807) is 12.1 Å². The van der Waals surface area contributed by atoms with Crippen molar-refractivity contribution in [1.29, 1.82) is 0 Å². The van der Waals surface area contributed by atoms with Crippen molar-refractivity contribution >= 4 is 17.6 Å². The Morgan fingerprint density at radius 2 is 1.51 bits per heavy atom. The molecule has 3 fully saturated rings. The Kier molecular flexibility index (Phi) is 15.5. The van der Waals surface area contributed by atoms with Crippen molar-refractivity contribution in [2.75, 3.05) is 32.7 Å². The lowest BCUT2D eigenvalue weighted by Crippen LogP contribution is -2.63. The molecule has 2 heterocycles. The fraction of sp³-hybridized carbons (Fsp3) is 0.594. The first-order valence-corrected chi connectivity index (χ1v) is 15.1. The van der Waals surface area contributed by atoms with Crippen molar-refractivity contribution < 1.29 is 18.8 Å². The van der Waals surface area contributed by atoms with Gasteiger partial charge in [-0.05, 0) is 88.8 Å². The van der Waals surface area contributed by atoms with Gasteiger partial charge in [0.15, 0.2) is 5.78 Å². The molecule has 41 heavy (non-hydrogen) atoms. The van der Waals surface area contributed by atoms with Crippen molar-refractivity contribution in [1.82, 2.24) is 9.80 Å². The number of benzene rings is 1. The van der Waals surface area contributed by atoms with E-state index in [4.69, 9.17) is 17.2 Å². The number of piperidine rings is 2. The van der Waals surface area contributed by atoms with E-state index in [-0.39, 0.29) is 17.5 Å². The van der Waals surface area contributed by atoms with Gasteiger partial charge in [-0.2, -0.15) is 0 Å². The maximum atomic E-state index is 12.9. The highest BCUT2D eigenvalue weighted by molar-refractivity contribution is 5.96. The van der Waals surface area contributed by atoms with Crippen molar-refractivity contribution in [3.05, 3.63) is 60.5 Å². The van der Waals surface area contributed by atoms with Gasteiger partial charge in [-0.25, -0.2) is 4.39 Å². The summed E-state index contributed by atoms with van der Waals surface area (Å²) in [5.41, 5.74) is 16.2. The summed E-state index contributed by atoms with van der Waals surface area (Å²) in [5, 5.41) is 0. The molecule has 1 aromatic carbocycles. The standard InChI is InChI=1S/C21H30FN3O2.C6H13N.C5H7NO/c22-18-8-6-17(7-9-18)19(26)5-4-12-24-15-10-21(11-16-24,20(23)27)25-13-2-1-3-14-25;7-6-4-2-1-3-5-6;1-2-3-4-5(6)7/h6-9H,1-5,10-16H2,(H2,23,27);6H,1-5,7H2;2-4H,1H2,(H2,6,7)/b;;4-3+. The minimum Gasteiger partial charge on any atom is -0.368 e. The molecule has 2 aliphatic heterocycles. The van der Waals surface area contributed by atoms with E-state index in [1.165, 1.54) is 68.9 Å². The highest BCUT2D eigenvalue weighted by atomic mass is 19.1. The zero-order chi connectivity index (χ0) is 30.1. The Morgan fingerprint density at radius 3 is 1.98 bits per heavy atom. The van der Waals surface area contributed by atoms with Crippen LogP contribution in [-0.2, 0) is 9.59 Å². The van der Waals surface area contributed by atoms with Gasteiger partial charge >= 0.3 is 0 Å². The Balaban J connectivity index is 0.000000344. The normalized spacial score (nSPS) is 19.8. The molecule has 4 rings (SSSR count). The van der Waals surface area contributed by atoms with Crippen LogP contribution in [0.15, 0.2) is 49.1 Å². The zero-order valence-corrected chi connectivity index (χ0v) is 24.6. The lowest BCUT2D eigenvalue weighted by molar-refractivity contribution is -0.135. The van der Waals surface area contributed by atoms with Crippen molar-refractivity contribution in [2.45, 2.75) is 88.6 Å². The van der Waals surface area contributed by atoms with Gasteiger partial charge in [0.1, 0.15) is 11.4 Å². The van der Waals surface area contributed by atoms with Crippen LogP contribution in [0.4, 0.5) is 4.39 Å². The Labute approximate surface area is 245 Å². The molecular formula is C32H50FN5O3. The number of nitrogens with zero attached hydrogens (tertiary/aromatic N) is 2. The molecule has 2 amide bonds. The predicted molar refractivity (Wildman–Crippen MR) is 163 cm³/mol. The number of ketones is 1. The lowest BCUT2D eigenvalue weighted by atomic mass is 9.83. The fourth-order valence-electron chi connectivity index (χ4n) is 5.73. The van der Waals surface area contributed by atoms with E-state index in [2.05, 4.69) is 16.4 Å². The largest absolute Gasteiger partial charge is 0.368 e. The number of allylic oxidation sites excluding steroid dienone is 2. The Hall–Kier alpha value is -2.88. The summed E-state index contributed by atoms with van der Waals surface area (Å²) in [7, 11) is 0. The second-order valence-corrected chi connectivity index (χ2v) is 11.2. The van der Waals surface area contributed by atoms with E-state index in [9.17, 15) is 18.8 Å². The summed E-state index contributed by atoms with van der Waals surface area (Å²) in [6.45, 7) is 7.78. The summed E-state index contributed by atoms with van der Waals surface area (Å²) in [6, 6.07) is 6.26. The quantitative estimate of drug-likeness (QED) is 0.232. The minimum atomic E-state index is -0.485. The number of hydrogen-bond donors (Lipinski definition) is 3. The number of carbonyl (C=O) groups is 3.